The van der Waals surface area contributed by atoms with Crippen molar-refractivity contribution >= 4 is 71.2 Å². The largest absolute Gasteiger partial charge is 0.311 e. The number of hydrogen-bond donors (Lipinski definition) is 0. The number of anilines is 3. The highest BCUT2D eigenvalue weighted by Gasteiger charge is 2.15. The van der Waals surface area contributed by atoms with Crippen LogP contribution in [-0.2, 0) is 0 Å². The average Bonchev–Trinajstić information content (AvgIpc) is 3.59. The van der Waals surface area contributed by atoms with Gasteiger partial charge in [0.15, 0.2) is 0 Å². The Hall–Kier alpha value is -7.42. The lowest BCUT2D eigenvalue weighted by Crippen LogP contribution is -2.09. The second-order valence-corrected chi connectivity index (χ2v) is 14.6. The summed E-state index contributed by atoms with van der Waals surface area (Å²) >= 11 is 0. The molecule has 0 spiro atoms. The third-order valence-corrected chi connectivity index (χ3v) is 11.3. The van der Waals surface area contributed by atoms with E-state index in [-0.39, 0.29) is 0 Å². The maximum Gasteiger partial charge on any atom is 0.0547 e. The van der Waals surface area contributed by atoms with Crippen LogP contribution in [0.5, 0.6) is 0 Å². The molecule has 0 unspecified atom stereocenters. The molecule has 11 aromatic rings. The summed E-state index contributed by atoms with van der Waals surface area (Å²) in [6.45, 7) is 0. The van der Waals surface area contributed by atoms with Crippen LogP contribution in [0.15, 0.2) is 218 Å². The molecule has 1 heterocycles. The molecule has 0 radical (unpaired) electrons. The Bertz CT molecular complexity index is 3230. The summed E-state index contributed by atoms with van der Waals surface area (Å²) in [6, 6.07) is 79.5. The highest BCUT2D eigenvalue weighted by Crippen LogP contribution is 2.39. The van der Waals surface area contributed by atoms with Crippen LogP contribution in [0.4, 0.5) is 17.1 Å². The number of fused-ring (bicyclic) bond motifs is 6. The molecule has 2 heteroatoms. The zero-order chi connectivity index (χ0) is 37.0. The van der Waals surface area contributed by atoms with Gasteiger partial charge in [-0.3, -0.25) is 0 Å². The lowest BCUT2D eigenvalue weighted by atomic mass is 10.00. The standard InChI is InChI=1S/C54H36N2/c1-2-14-47(15-3-1)55(48-27-22-38(23-28-48)44-20-18-37-10-4-5-11-41(37)32-44)49-29-24-39(25-30-49)45-21-19-40-26-31-50(34-46(40)33-45)56-53-17-9-8-16-51(53)52-35-42-12-6-7-13-43(42)36-54(52)56/h1-36H. The van der Waals surface area contributed by atoms with Crippen LogP contribution < -0.4 is 4.90 Å². The summed E-state index contributed by atoms with van der Waals surface area (Å²) in [4.78, 5) is 2.33. The van der Waals surface area contributed by atoms with Crippen molar-refractivity contribution in [3.8, 4) is 27.9 Å². The fourth-order valence-corrected chi connectivity index (χ4v) is 8.49. The van der Waals surface area contributed by atoms with Crippen molar-refractivity contribution in [1.82, 2.24) is 4.57 Å². The second kappa shape index (κ2) is 13.2. The van der Waals surface area contributed by atoms with E-state index in [1.165, 1.54) is 76.4 Å². The van der Waals surface area contributed by atoms with E-state index >= 15 is 0 Å². The predicted molar refractivity (Wildman–Crippen MR) is 239 cm³/mol. The third kappa shape index (κ3) is 5.51. The van der Waals surface area contributed by atoms with E-state index < -0.39 is 0 Å². The molecule has 0 amide bonds. The van der Waals surface area contributed by atoms with Gasteiger partial charge in [0, 0.05) is 33.5 Å². The van der Waals surface area contributed by atoms with Gasteiger partial charge in [0.1, 0.15) is 0 Å². The maximum absolute atomic E-state index is 2.42. The Balaban J connectivity index is 0.948. The quantitative estimate of drug-likeness (QED) is 0.167. The van der Waals surface area contributed by atoms with E-state index in [1.807, 2.05) is 0 Å². The molecule has 0 saturated heterocycles. The first-order valence-electron chi connectivity index (χ1n) is 19.2. The molecule has 0 N–H and O–H groups in total. The van der Waals surface area contributed by atoms with Crippen LogP contribution >= 0.6 is 0 Å². The maximum atomic E-state index is 2.42. The first kappa shape index (κ1) is 32.0. The normalized spacial score (nSPS) is 11.6. The predicted octanol–water partition coefficient (Wildman–Crippen LogP) is 15.0. The van der Waals surface area contributed by atoms with Crippen LogP contribution in [0.25, 0.3) is 82.1 Å². The minimum absolute atomic E-state index is 1.11. The molecule has 56 heavy (non-hydrogen) atoms. The van der Waals surface area contributed by atoms with Gasteiger partial charge < -0.3 is 9.47 Å². The molecule has 262 valence electrons. The van der Waals surface area contributed by atoms with E-state index in [2.05, 4.69) is 228 Å². The van der Waals surface area contributed by atoms with Crippen molar-refractivity contribution in [2.45, 2.75) is 0 Å². The molecule has 1 aromatic heterocycles. The van der Waals surface area contributed by atoms with Gasteiger partial charge in [-0.1, -0.05) is 140 Å². The highest BCUT2D eigenvalue weighted by atomic mass is 15.1. The molecule has 0 atom stereocenters. The van der Waals surface area contributed by atoms with E-state index in [4.69, 9.17) is 0 Å². The summed E-state index contributed by atoms with van der Waals surface area (Å²) in [7, 11) is 0. The Labute approximate surface area is 325 Å². The fraction of sp³-hybridized carbons (Fsp3) is 0. The van der Waals surface area contributed by atoms with Crippen molar-refractivity contribution in [3.63, 3.8) is 0 Å². The van der Waals surface area contributed by atoms with Crippen LogP contribution in [0.1, 0.15) is 0 Å². The zero-order valence-electron chi connectivity index (χ0n) is 30.7. The van der Waals surface area contributed by atoms with Gasteiger partial charge in [-0.2, -0.15) is 0 Å². The molecule has 0 aliphatic heterocycles. The first-order chi connectivity index (χ1) is 27.7. The highest BCUT2D eigenvalue weighted by molar-refractivity contribution is 6.13. The third-order valence-electron chi connectivity index (χ3n) is 11.3. The fourth-order valence-electron chi connectivity index (χ4n) is 8.49. The molecule has 0 saturated carbocycles. The van der Waals surface area contributed by atoms with E-state index in [1.54, 1.807) is 0 Å². The smallest absolute Gasteiger partial charge is 0.0547 e. The van der Waals surface area contributed by atoms with Gasteiger partial charge in [-0.25, -0.2) is 0 Å². The molecular weight excluding hydrogens is 677 g/mol. The summed E-state index contributed by atoms with van der Waals surface area (Å²) in [5.41, 5.74) is 11.8. The monoisotopic (exact) mass is 712 g/mol. The van der Waals surface area contributed by atoms with Gasteiger partial charge >= 0.3 is 0 Å². The molecule has 0 aliphatic rings. The lowest BCUT2D eigenvalue weighted by Gasteiger charge is -2.26. The SMILES string of the molecule is c1ccc(N(c2ccc(-c3ccc4ccccc4c3)cc2)c2ccc(-c3ccc4ccc(-n5c6ccccc6c6cc7ccccc7cc65)cc4c3)cc2)cc1. The van der Waals surface area contributed by atoms with Crippen molar-refractivity contribution in [2.75, 3.05) is 4.90 Å². The summed E-state index contributed by atoms with van der Waals surface area (Å²) < 4.78 is 2.42. The summed E-state index contributed by atoms with van der Waals surface area (Å²) in [5.74, 6) is 0. The van der Waals surface area contributed by atoms with Crippen LogP contribution in [0, 0.1) is 0 Å². The van der Waals surface area contributed by atoms with Crippen LogP contribution in [0.3, 0.4) is 0 Å². The van der Waals surface area contributed by atoms with Crippen molar-refractivity contribution in [2.24, 2.45) is 0 Å². The summed E-state index contributed by atoms with van der Waals surface area (Å²) in [6.07, 6.45) is 0. The zero-order valence-corrected chi connectivity index (χ0v) is 30.7. The van der Waals surface area contributed by atoms with Crippen LogP contribution in [-0.4, -0.2) is 4.57 Å². The Morgan fingerprint density at radius 1 is 0.268 bits per heavy atom. The molecular formula is C54H36N2. The van der Waals surface area contributed by atoms with Gasteiger partial charge in [0.25, 0.3) is 0 Å². The van der Waals surface area contributed by atoms with E-state index in [9.17, 15) is 0 Å². The van der Waals surface area contributed by atoms with E-state index in [0.29, 0.717) is 0 Å². The first-order valence-corrected chi connectivity index (χ1v) is 19.2. The Morgan fingerprint density at radius 3 is 1.43 bits per heavy atom. The molecule has 2 nitrogen and oxygen atoms in total. The second-order valence-electron chi connectivity index (χ2n) is 14.6. The molecule has 0 aliphatic carbocycles. The van der Waals surface area contributed by atoms with Crippen molar-refractivity contribution in [1.29, 1.82) is 0 Å². The molecule has 10 aromatic carbocycles. The van der Waals surface area contributed by atoms with Gasteiger partial charge in [0.05, 0.1) is 11.0 Å². The van der Waals surface area contributed by atoms with Gasteiger partial charge in [-0.15, -0.1) is 0 Å². The molecule has 0 fully saturated rings. The van der Waals surface area contributed by atoms with Crippen molar-refractivity contribution in [3.05, 3.63) is 218 Å². The minimum Gasteiger partial charge on any atom is -0.311 e. The topological polar surface area (TPSA) is 8.17 Å². The average molecular weight is 713 g/mol. The minimum atomic E-state index is 1.11. The number of rotatable bonds is 6. The van der Waals surface area contributed by atoms with Gasteiger partial charge in [0.2, 0.25) is 0 Å². The number of aromatic nitrogens is 1. The van der Waals surface area contributed by atoms with Crippen LogP contribution in [0.2, 0.25) is 0 Å². The number of para-hydroxylation sites is 2. The molecule has 11 rings (SSSR count). The Kier molecular flexibility index (Phi) is 7.53. The van der Waals surface area contributed by atoms with Crippen molar-refractivity contribution < 1.29 is 0 Å². The molecule has 0 bridgehead atoms. The van der Waals surface area contributed by atoms with E-state index in [0.717, 1.165) is 22.7 Å². The lowest BCUT2D eigenvalue weighted by molar-refractivity contribution is 1.19. The number of benzene rings is 10. The summed E-state index contributed by atoms with van der Waals surface area (Å²) in [5, 5.41) is 10.0. The van der Waals surface area contributed by atoms with Gasteiger partial charge in [-0.05, 0) is 133 Å². The number of hydrogen-bond acceptors (Lipinski definition) is 1. The Morgan fingerprint density at radius 2 is 0.750 bits per heavy atom. The number of nitrogens with zero attached hydrogens (tertiary/aromatic N) is 2.